The third-order valence-corrected chi connectivity index (χ3v) is 3.19. The fraction of sp³-hybridized carbons (Fsp3) is 0.929. The minimum atomic E-state index is -0.697. The van der Waals surface area contributed by atoms with Crippen molar-refractivity contribution in [3.63, 3.8) is 0 Å². The molecule has 0 radical (unpaired) electrons. The molecule has 0 aromatic heterocycles. The van der Waals surface area contributed by atoms with Crippen LogP contribution in [0.5, 0.6) is 0 Å². The van der Waals surface area contributed by atoms with Gasteiger partial charge in [0.25, 0.3) is 0 Å². The van der Waals surface area contributed by atoms with Gasteiger partial charge in [0.05, 0.1) is 17.3 Å². The minimum Gasteiger partial charge on any atom is -0.367 e. The normalized spacial score (nSPS) is 26.3. The van der Waals surface area contributed by atoms with Crippen LogP contribution in [0.4, 0.5) is 0 Å². The number of hydrogen-bond donors (Lipinski definition) is 1. The van der Waals surface area contributed by atoms with E-state index in [0.717, 1.165) is 32.5 Å². The zero-order valence-corrected chi connectivity index (χ0v) is 12.4. The zero-order valence-electron chi connectivity index (χ0n) is 12.4. The molecule has 18 heavy (non-hydrogen) atoms. The Balaban J connectivity index is 2.46. The second-order valence-corrected chi connectivity index (χ2v) is 6.96. The van der Waals surface area contributed by atoms with E-state index in [1.807, 2.05) is 0 Å². The van der Waals surface area contributed by atoms with Gasteiger partial charge in [-0.2, -0.15) is 5.26 Å². The van der Waals surface area contributed by atoms with Crippen LogP contribution in [0.15, 0.2) is 0 Å². The third kappa shape index (κ3) is 4.93. The van der Waals surface area contributed by atoms with E-state index in [2.05, 4.69) is 38.7 Å². The van der Waals surface area contributed by atoms with Gasteiger partial charge in [0.1, 0.15) is 5.54 Å². The van der Waals surface area contributed by atoms with E-state index in [0.29, 0.717) is 0 Å². The lowest BCUT2D eigenvalue weighted by Gasteiger charge is -2.47. The molecule has 104 valence electrons. The van der Waals surface area contributed by atoms with Crippen molar-refractivity contribution in [1.29, 1.82) is 5.26 Å². The highest BCUT2D eigenvalue weighted by Crippen LogP contribution is 2.28. The number of morpholine rings is 1. The molecule has 1 rings (SSSR count). The van der Waals surface area contributed by atoms with E-state index in [9.17, 15) is 0 Å². The molecule has 1 atom stereocenters. The molecule has 4 nitrogen and oxygen atoms in total. The molecule has 1 aliphatic heterocycles. The Morgan fingerprint density at radius 3 is 2.22 bits per heavy atom. The molecule has 0 spiro atoms. The van der Waals surface area contributed by atoms with Gasteiger partial charge in [-0.15, -0.1) is 0 Å². The Morgan fingerprint density at radius 1 is 1.28 bits per heavy atom. The summed E-state index contributed by atoms with van der Waals surface area (Å²) < 4.78 is 6.04. The van der Waals surface area contributed by atoms with Crippen LogP contribution in [-0.2, 0) is 4.74 Å². The summed E-state index contributed by atoms with van der Waals surface area (Å²) in [6.45, 7) is 13.2. The van der Waals surface area contributed by atoms with Gasteiger partial charge in [-0.3, -0.25) is 4.90 Å². The van der Waals surface area contributed by atoms with Crippen LogP contribution in [-0.4, -0.2) is 41.3 Å². The van der Waals surface area contributed by atoms with Gasteiger partial charge in [0.15, 0.2) is 0 Å². The van der Waals surface area contributed by atoms with Gasteiger partial charge in [-0.25, -0.2) is 0 Å². The Hall–Kier alpha value is -0.630. The first-order valence-electron chi connectivity index (χ1n) is 6.68. The van der Waals surface area contributed by atoms with Crippen LogP contribution >= 0.6 is 0 Å². The number of nitriles is 1. The maximum Gasteiger partial charge on any atom is 0.101 e. The smallest absolute Gasteiger partial charge is 0.101 e. The first-order chi connectivity index (χ1) is 8.05. The van der Waals surface area contributed by atoms with Gasteiger partial charge in [-0.05, 0) is 54.0 Å². The molecular weight excluding hydrogens is 226 g/mol. The predicted octanol–water partition coefficient (Wildman–Crippen LogP) is 1.90. The largest absolute Gasteiger partial charge is 0.367 e. The Morgan fingerprint density at radius 2 is 1.78 bits per heavy atom. The van der Waals surface area contributed by atoms with Crippen LogP contribution in [0.3, 0.4) is 0 Å². The lowest BCUT2D eigenvalue weighted by atomic mass is 9.96. The highest BCUT2D eigenvalue weighted by atomic mass is 16.5. The van der Waals surface area contributed by atoms with Crippen molar-refractivity contribution in [3.8, 4) is 6.07 Å². The first kappa shape index (κ1) is 15.4. The number of nitrogens with zero attached hydrogens (tertiary/aromatic N) is 2. The van der Waals surface area contributed by atoms with Crippen molar-refractivity contribution in [2.75, 3.05) is 19.6 Å². The van der Waals surface area contributed by atoms with E-state index in [1.54, 1.807) is 6.92 Å². The topological polar surface area (TPSA) is 62.3 Å². The fourth-order valence-corrected chi connectivity index (χ4v) is 2.83. The minimum absolute atomic E-state index is 0.108. The molecule has 1 heterocycles. The Labute approximate surface area is 111 Å². The average molecular weight is 253 g/mol. The second kappa shape index (κ2) is 5.16. The summed E-state index contributed by atoms with van der Waals surface area (Å²) in [6, 6.07) is 2.15. The maximum absolute atomic E-state index is 8.89. The van der Waals surface area contributed by atoms with Gasteiger partial charge in [0, 0.05) is 13.1 Å². The SMILES string of the molecule is CC(N)(C#N)CCCN1CC(C)(C)OC(C)(C)C1. The Kier molecular flexibility index (Phi) is 4.42. The third-order valence-electron chi connectivity index (χ3n) is 3.19. The molecular formula is C14H27N3O. The maximum atomic E-state index is 8.89. The molecule has 1 aliphatic rings. The van der Waals surface area contributed by atoms with Crippen LogP contribution < -0.4 is 5.73 Å². The van der Waals surface area contributed by atoms with Crippen LogP contribution in [0, 0.1) is 11.3 Å². The van der Waals surface area contributed by atoms with Crippen LogP contribution in [0.2, 0.25) is 0 Å². The van der Waals surface area contributed by atoms with E-state index >= 15 is 0 Å². The van der Waals surface area contributed by atoms with Crippen molar-refractivity contribution in [1.82, 2.24) is 4.90 Å². The summed E-state index contributed by atoms with van der Waals surface area (Å²) in [6.07, 6.45) is 1.69. The average Bonchev–Trinajstić information content (AvgIpc) is 2.12. The molecule has 0 amide bonds. The highest BCUT2D eigenvalue weighted by Gasteiger charge is 2.37. The standard InChI is InChI=1S/C14H27N3O/c1-12(2)10-17(11-13(3,4)18-12)8-6-7-14(5,16)9-15/h6-8,10-11,16H2,1-5H3. The summed E-state index contributed by atoms with van der Waals surface area (Å²) in [5, 5.41) is 8.89. The van der Waals surface area contributed by atoms with Crippen molar-refractivity contribution in [2.45, 2.75) is 64.2 Å². The zero-order chi connectivity index (χ0) is 14.0. The lowest BCUT2D eigenvalue weighted by Crippen LogP contribution is -2.57. The molecule has 4 heteroatoms. The van der Waals surface area contributed by atoms with E-state index < -0.39 is 5.54 Å². The van der Waals surface area contributed by atoms with Crippen molar-refractivity contribution >= 4 is 0 Å². The van der Waals surface area contributed by atoms with E-state index in [4.69, 9.17) is 15.7 Å². The summed E-state index contributed by atoms with van der Waals surface area (Å²) in [7, 11) is 0. The number of ether oxygens (including phenoxy) is 1. The van der Waals surface area contributed by atoms with Crippen molar-refractivity contribution in [3.05, 3.63) is 0 Å². The second-order valence-electron chi connectivity index (χ2n) is 6.96. The molecule has 2 N–H and O–H groups in total. The molecule has 0 aliphatic carbocycles. The molecule has 0 saturated carbocycles. The van der Waals surface area contributed by atoms with Crippen LogP contribution in [0.25, 0.3) is 0 Å². The fourth-order valence-electron chi connectivity index (χ4n) is 2.83. The van der Waals surface area contributed by atoms with Crippen LogP contribution in [0.1, 0.15) is 47.5 Å². The molecule has 0 aromatic carbocycles. The monoisotopic (exact) mass is 253 g/mol. The number of hydrogen-bond acceptors (Lipinski definition) is 4. The van der Waals surface area contributed by atoms with Gasteiger partial charge < -0.3 is 10.5 Å². The molecule has 1 unspecified atom stereocenters. The highest BCUT2D eigenvalue weighted by molar-refractivity contribution is 5.00. The number of nitrogens with two attached hydrogens (primary N) is 1. The lowest BCUT2D eigenvalue weighted by molar-refractivity contribution is -0.180. The molecule has 1 fully saturated rings. The summed E-state index contributed by atoms with van der Waals surface area (Å²) in [5.41, 5.74) is 4.92. The molecule has 0 aromatic rings. The van der Waals surface area contributed by atoms with Gasteiger partial charge in [0.2, 0.25) is 0 Å². The summed E-state index contributed by atoms with van der Waals surface area (Å²) >= 11 is 0. The van der Waals surface area contributed by atoms with Crippen molar-refractivity contribution < 1.29 is 4.74 Å². The van der Waals surface area contributed by atoms with Gasteiger partial charge in [-0.1, -0.05) is 0 Å². The number of rotatable bonds is 4. The first-order valence-corrected chi connectivity index (χ1v) is 6.68. The summed E-state index contributed by atoms with van der Waals surface area (Å²) in [4.78, 5) is 2.41. The Bertz CT molecular complexity index is 312. The molecule has 0 bridgehead atoms. The van der Waals surface area contributed by atoms with Gasteiger partial charge >= 0.3 is 0 Å². The predicted molar refractivity (Wildman–Crippen MR) is 73.1 cm³/mol. The quantitative estimate of drug-likeness (QED) is 0.831. The molecule has 1 saturated heterocycles. The van der Waals surface area contributed by atoms with Crippen molar-refractivity contribution in [2.24, 2.45) is 5.73 Å². The van der Waals surface area contributed by atoms with E-state index in [-0.39, 0.29) is 11.2 Å². The summed E-state index contributed by atoms with van der Waals surface area (Å²) in [5.74, 6) is 0. The van der Waals surface area contributed by atoms with E-state index in [1.165, 1.54) is 0 Å².